The van der Waals surface area contributed by atoms with Crippen molar-refractivity contribution in [2.75, 3.05) is 19.8 Å². The van der Waals surface area contributed by atoms with Crippen LogP contribution < -0.4 is 0 Å². The average molecular weight is 531 g/mol. The maximum absolute atomic E-state index is 13.0. The number of carbonyl (C=O) groups is 2. The Labute approximate surface area is 223 Å². The zero-order chi connectivity index (χ0) is 27.3. The van der Waals surface area contributed by atoms with E-state index in [1.807, 2.05) is 26.8 Å². The van der Waals surface area contributed by atoms with Crippen LogP contribution in [0.25, 0.3) is 0 Å². The third-order valence-electron chi connectivity index (χ3n) is 9.26. The lowest BCUT2D eigenvalue weighted by Crippen LogP contribution is -2.66. The number of carbonyl (C=O) groups excluding carboxylic acids is 2. The van der Waals surface area contributed by atoms with Gasteiger partial charge in [0.15, 0.2) is 0 Å². The number of ether oxygens (including phenoxy) is 5. The number of rotatable bonds is 1. The fourth-order valence-electron chi connectivity index (χ4n) is 6.89. The van der Waals surface area contributed by atoms with Crippen LogP contribution in [0.5, 0.6) is 0 Å². The summed E-state index contributed by atoms with van der Waals surface area (Å²) in [6.07, 6.45) is 6.92. The van der Waals surface area contributed by atoms with Crippen molar-refractivity contribution in [1.82, 2.24) is 0 Å². The molecule has 2 spiro atoms. The van der Waals surface area contributed by atoms with Crippen molar-refractivity contribution in [3.63, 3.8) is 0 Å². The van der Waals surface area contributed by atoms with Crippen molar-refractivity contribution in [2.45, 2.75) is 89.2 Å². The molecular weight excluding hydrogens is 492 g/mol. The Bertz CT molecular complexity index is 1080. The molecule has 0 amide bonds. The zero-order valence-corrected chi connectivity index (χ0v) is 22.4. The topological polar surface area (TPSA) is 124 Å². The quantitative estimate of drug-likeness (QED) is 0.299. The van der Waals surface area contributed by atoms with Crippen LogP contribution in [0.15, 0.2) is 47.6 Å². The highest BCUT2D eigenvalue weighted by Gasteiger charge is 2.85. The summed E-state index contributed by atoms with van der Waals surface area (Å²) in [7, 11) is 0. The fraction of sp³-hybridized carbons (Fsp3) is 0.655. The highest BCUT2D eigenvalue weighted by Crippen LogP contribution is 2.72. The number of allylic oxidation sites excluding steroid dienone is 3. The predicted octanol–water partition coefficient (Wildman–Crippen LogP) is 2.31. The number of aliphatic hydroxyl groups excluding tert-OH is 2. The van der Waals surface area contributed by atoms with Gasteiger partial charge in [-0.25, -0.2) is 9.59 Å². The SMILES string of the molecule is CC1=C[C@@H]2O[C@@H]3[C@H](O)[C@@H]4OC(=O)/C=C/C=C/[C@H]([C@H](C)O)OCC/C(C)=C/C(=O)OC[C@]2(CC1)[C@]4(C)[C@]31CO1. The second-order valence-corrected chi connectivity index (χ2v) is 11.5. The lowest BCUT2D eigenvalue weighted by atomic mass is 9.51. The first kappa shape index (κ1) is 27.3. The molecule has 2 bridgehead atoms. The molecule has 9 atom stereocenters. The van der Waals surface area contributed by atoms with Crippen LogP contribution in [-0.2, 0) is 33.3 Å². The number of esters is 2. The summed E-state index contributed by atoms with van der Waals surface area (Å²) in [6, 6.07) is 0. The third kappa shape index (κ3) is 4.29. The van der Waals surface area contributed by atoms with Gasteiger partial charge < -0.3 is 33.9 Å². The van der Waals surface area contributed by atoms with Crippen LogP contribution in [0.1, 0.15) is 47.0 Å². The summed E-state index contributed by atoms with van der Waals surface area (Å²) >= 11 is 0. The molecule has 9 heteroatoms. The molecular formula is C29H38O9. The molecule has 3 aliphatic heterocycles. The minimum Gasteiger partial charge on any atom is -0.462 e. The summed E-state index contributed by atoms with van der Waals surface area (Å²) in [5.41, 5.74) is -0.543. The molecule has 0 aromatic rings. The van der Waals surface area contributed by atoms with Gasteiger partial charge in [0.05, 0.1) is 30.8 Å². The zero-order valence-electron chi connectivity index (χ0n) is 22.4. The molecule has 0 aromatic heterocycles. The van der Waals surface area contributed by atoms with Crippen molar-refractivity contribution < 1.29 is 43.5 Å². The summed E-state index contributed by atoms with van der Waals surface area (Å²) in [6.45, 7) is 8.14. The molecule has 2 N–H and O–H groups in total. The average Bonchev–Trinajstić information content (AvgIpc) is 3.64. The second-order valence-electron chi connectivity index (χ2n) is 11.5. The van der Waals surface area contributed by atoms with Crippen LogP contribution >= 0.6 is 0 Å². The van der Waals surface area contributed by atoms with E-state index >= 15 is 0 Å². The first-order valence-corrected chi connectivity index (χ1v) is 13.4. The first-order valence-electron chi connectivity index (χ1n) is 13.4. The van der Waals surface area contributed by atoms with Crippen LogP contribution in [0.3, 0.4) is 0 Å². The number of hydrogen-bond donors (Lipinski definition) is 2. The van der Waals surface area contributed by atoms with E-state index in [1.165, 1.54) is 18.2 Å². The van der Waals surface area contributed by atoms with E-state index in [9.17, 15) is 19.8 Å². The van der Waals surface area contributed by atoms with Gasteiger partial charge in [0, 0.05) is 17.6 Å². The minimum absolute atomic E-state index is 0.0261. The highest BCUT2D eigenvalue weighted by molar-refractivity contribution is 5.83. The Morgan fingerprint density at radius 3 is 2.53 bits per heavy atom. The Hall–Kier alpha value is -2.30. The molecule has 0 radical (unpaired) electrons. The van der Waals surface area contributed by atoms with Crippen LogP contribution in [0.4, 0.5) is 0 Å². The monoisotopic (exact) mass is 530 g/mol. The van der Waals surface area contributed by atoms with Crippen molar-refractivity contribution in [3.8, 4) is 0 Å². The third-order valence-corrected chi connectivity index (χ3v) is 9.26. The molecule has 5 rings (SSSR count). The van der Waals surface area contributed by atoms with E-state index in [-0.39, 0.29) is 6.61 Å². The van der Waals surface area contributed by atoms with Gasteiger partial charge in [0.25, 0.3) is 0 Å². The van der Waals surface area contributed by atoms with Crippen molar-refractivity contribution in [1.29, 1.82) is 0 Å². The van der Waals surface area contributed by atoms with Crippen molar-refractivity contribution >= 4 is 11.9 Å². The normalized spacial score (nSPS) is 47.3. The summed E-state index contributed by atoms with van der Waals surface area (Å²) < 4.78 is 30.1. The Balaban J connectivity index is 1.54. The van der Waals surface area contributed by atoms with E-state index in [0.717, 1.165) is 17.6 Å². The van der Waals surface area contributed by atoms with Gasteiger partial charge >= 0.3 is 11.9 Å². The Kier molecular flexibility index (Phi) is 7.19. The van der Waals surface area contributed by atoms with E-state index in [4.69, 9.17) is 23.7 Å². The maximum Gasteiger partial charge on any atom is 0.331 e. The van der Waals surface area contributed by atoms with Gasteiger partial charge in [-0.2, -0.15) is 0 Å². The van der Waals surface area contributed by atoms with Gasteiger partial charge in [-0.1, -0.05) is 42.4 Å². The standard InChI is InChI=1S/C29H38O9/c1-17-9-11-28-15-35-23(32)14-18(2)10-12-34-20(19(3)30)7-5-6-8-22(31)38-25-24(33)26(37-21(28)13-17)29(16-36-29)27(25,28)4/h5-8,13-14,19-21,24-26,30,33H,9-12,15-16H2,1-4H3/b7-5+,8-6+,18-14+/t19-,20+,21-,24+,25-,26+,27+,28-,29-/m0/s1. The predicted molar refractivity (Wildman–Crippen MR) is 136 cm³/mol. The number of hydrogen-bond acceptors (Lipinski definition) is 9. The molecule has 5 aliphatic rings. The molecule has 208 valence electrons. The van der Waals surface area contributed by atoms with E-state index in [2.05, 4.69) is 0 Å². The van der Waals surface area contributed by atoms with Crippen LogP contribution in [0, 0.1) is 10.8 Å². The van der Waals surface area contributed by atoms with Gasteiger partial charge in [-0.3, -0.25) is 0 Å². The highest BCUT2D eigenvalue weighted by atomic mass is 16.7. The minimum atomic E-state index is -1.11. The lowest BCUT2D eigenvalue weighted by Gasteiger charge is -2.58. The van der Waals surface area contributed by atoms with Gasteiger partial charge in [-0.15, -0.1) is 0 Å². The first-order chi connectivity index (χ1) is 18.0. The molecule has 38 heavy (non-hydrogen) atoms. The molecule has 3 fully saturated rings. The molecule has 0 unspecified atom stereocenters. The molecule has 1 saturated carbocycles. The smallest absolute Gasteiger partial charge is 0.331 e. The lowest BCUT2D eigenvalue weighted by molar-refractivity contribution is -0.232. The fourth-order valence-corrected chi connectivity index (χ4v) is 6.89. The Morgan fingerprint density at radius 2 is 1.82 bits per heavy atom. The van der Waals surface area contributed by atoms with E-state index in [0.29, 0.717) is 26.1 Å². The van der Waals surface area contributed by atoms with Crippen molar-refractivity contribution in [3.05, 3.63) is 47.6 Å². The van der Waals surface area contributed by atoms with Gasteiger partial charge in [-0.05, 0) is 40.0 Å². The number of aliphatic hydroxyl groups is 2. The second kappa shape index (κ2) is 10.0. The van der Waals surface area contributed by atoms with Crippen molar-refractivity contribution in [2.24, 2.45) is 10.8 Å². The summed E-state index contributed by atoms with van der Waals surface area (Å²) in [5, 5.41) is 21.5. The summed E-state index contributed by atoms with van der Waals surface area (Å²) in [4.78, 5) is 25.9. The Morgan fingerprint density at radius 1 is 1.05 bits per heavy atom. The molecule has 9 nitrogen and oxygen atoms in total. The maximum atomic E-state index is 13.0. The molecule has 0 aromatic carbocycles. The van der Waals surface area contributed by atoms with E-state index in [1.54, 1.807) is 19.1 Å². The van der Waals surface area contributed by atoms with Gasteiger partial charge in [0.2, 0.25) is 0 Å². The number of cyclic esters (lactones) is 1. The summed E-state index contributed by atoms with van der Waals surface area (Å²) in [5.74, 6) is -1.11. The molecule has 2 aliphatic carbocycles. The van der Waals surface area contributed by atoms with Crippen LogP contribution in [0.2, 0.25) is 0 Å². The number of epoxide rings is 1. The molecule has 2 saturated heterocycles. The van der Waals surface area contributed by atoms with E-state index < -0.39 is 65.0 Å². The van der Waals surface area contributed by atoms with Gasteiger partial charge in [0.1, 0.15) is 36.6 Å². The van der Waals surface area contributed by atoms with Crippen LogP contribution in [-0.4, -0.2) is 84.2 Å². The molecule has 3 heterocycles. The largest absolute Gasteiger partial charge is 0.462 e.